The number of unbranched alkanes of at least 4 members (excludes halogenated alkanes) is 14. The Morgan fingerprint density at radius 1 is 0.626 bits per heavy atom. The van der Waals surface area contributed by atoms with Crippen LogP contribution in [0.4, 0.5) is 27.6 Å². The number of hydrogen-bond acceptors (Lipinski definition) is 32. The lowest BCUT2D eigenvalue weighted by molar-refractivity contribution is -0.400. The molecule has 5 aliphatic heterocycles. The number of amides is 3. The fraction of sp³-hybridized carbons (Fsp3) is 0.821. The molecule has 616 valence electrons. The quantitative estimate of drug-likeness (QED) is 0.0130. The number of carbonyl (C=O) groups excluding carboxylic acids is 4. The van der Waals surface area contributed by atoms with Crippen molar-refractivity contribution in [2.75, 3.05) is 45.0 Å². The third-order valence-corrected chi connectivity index (χ3v) is 19.0. The van der Waals surface area contributed by atoms with Crippen LogP contribution in [0.5, 0.6) is 5.75 Å². The smallest absolute Gasteiger partial charge is 0.426 e. The van der Waals surface area contributed by atoms with Crippen molar-refractivity contribution in [3.05, 3.63) is 36.4 Å². The first-order valence-corrected chi connectivity index (χ1v) is 35.8. The minimum Gasteiger partial charge on any atom is -0.426 e. The molecule has 3 amide bonds. The molecule has 1 aromatic rings. The lowest BCUT2D eigenvalue weighted by atomic mass is 9.88. The standard InChI is InChI=1S/C67H107F5N4O31/c1-3-4-5-6-7-8-9-10-11-12-13-14-15-16-17-18-44(87)76-36(37(84)23-24-45(88)75-34-19-21-35(22-20-34)105-67(71,72)66(68,69)70)31-97-62-54(95)52(93)56(42(29-80)100-62)102-64-55(96)60(107-65(32-82)25-38(85)47(74-33(2)83)59(106-65)48(89)39(86)26-77)57(43(30-81)101-64)103-61-46(73)58(50(91)41(28-79)98-61)104-63-53(94)51(92)49(90)40(27-78)99-63/h19-24,32,36-43,46-64,77-81,84-86,89-96H,3-18,25-31,73H2,1-2H3,(H,74,83)(H,75,88)(H,76,87)/b24-23+/t36-,37+,38?,39+,40?,41?,42?,43?,46?,47+,48+,49-,50-,51?,52?,53?,54?,55?,56+,57-,58?,59?,60?,61-,62+,63-,64-,65-/m0/s1. The number of aliphatic hydroxyl groups is 16. The van der Waals surface area contributed by atoms with Gasteiger partial charge in [0.25, 0.3) is 0 Å². The first-order chi connectivity index (χ1) is 50.7. The van der Waals surface area contributed by atoms with Gasteiger partial charge in [0, 0.05) is 31.5 Å². The average Bonchev–Trinajstić information content (AvgIpc) is 0.759. The maximum absolute atomic E-state index is 13.5. The third-order valence-electron chi connectivity index (χ3n) is 19.0. The molecule has 28 atom stereocenters. The molecule has 6 rings (SSSR count). The summed E-state index contributed by atoms with van der Waals surface area (Å²) in [5.74, 6) is -6.34. The van der Waals surface area contributed by atoms with Crippen molar-refractivity contribution in [2.24, 2.45) is 5.73 Å². The fourth-order valence-electron chi connectivity index (χ4n) is 12.9. The third kappa shape index (κ3) is 25.5. The van der Waals surface area contributed by atoms with Gasteiger partial charge < -0.3 is 155 Å². The molecule has 35 nitrogen and oxygen atoms in total. The largest absolute Gasteiger partial charge is 0.499 e. The van der Waals surface area contributed by atoms with E-state index in [0.29, 0.717) is 25.0 Å². The number of carbonyl (C=O) groups is 4. The Labute approximate surface area is 612 Å². The predicted octanol–water partition coefficient (Wildman–Crippen LogP) is -3.63. The summed E-state index contributed by atoms with van der Waals surface area (Å²) < 4.78 is 128. The molecule has 5 aliphatic rings. The highest BCUT2D eigenvalue weighted by Crippen LogP contribution is 2.41. The number of aliphatic hydroxyl groups excluding tert-OH is 16. The van der Waals surface area contributed by atoms with Gasteiger partial charge in [0.05, 0.1) is 70.0 Å². The summed E-state index contributed by atoms with van der Waals surface area (Å²) in [6.45, 7) is -3.16. The summed E-state index contributed by atoms with van der Waals surface area (Å²) in [5, 5.41) is 183. The molecule has 5 saturated heterocycles. The molecule has 107 heavy (non-hydrogen) atoms. The zero-order chi connectivity index (χ0) is 79.1. The number of alkyl halides is 5. The van der Waals surface area contributed by atoms with Crippen molar-refractivity contribution in [3.63, 3.8) is 0 Å². The topological polar surface area (TPSA) is 556 Å². The Morgan fingerprint density at radius 2 is 1.13 bits per heavy atom. The maximum Gasteiger partial charge on any atom is 0.499 e. The lowest BCUT2D eigenvalue weighted by Gasteiger charge is -2.52. The van der Waals surface area contributed by atoms with Crippen LogP contribution in [0.25, 0.3) is 0 Å². The molecule has 0 aliphatic carbocycles. The van der Waals surface area contributed by atoms with Crippen LogP contribution in [-0.4, -0.2) is 329 Å². The van der Waals surface area contributed by atoms with Crippen LogP contribution in [0.2, 0.25) is 0 Å². The number of nitrogens with one attached hydrogen (secondary N) is 3. The maximum atomic E-state index is 13.5. The Hall–Kier alpha value is -4.59. The molecule has 40 heteroatoms. The highest BCUT2D eigenvalue weighted by atomic mass is 19.4. The molecule has 0 saturated carbocycles. The Morgan fingerprint density at radius 3 is 1.68 bits per heavy atom. The summed E-state index contributed by atoms with van der Waals surface area (Å²) in [7, 11) is 0. The molecule has 0 radical (unpaired) electrons. The number of halogens is 5. The van der Waals surface area contributed by atoms with Crippen molar-refractivity contribution in [3.8, 4) is 5.75 Å². The zero-order valence-corrected chi connectivity index (χ0v) is 59.1. The van der Waals surface area contributed by atoms with Crippen molar-refractivity contribution in [2.45, 2.75) is 306 Å². The van der Waals surface area contributed by atoms with Crippen LogP contribution in [0, 0.1) is 0 Å². The van der Waals surface area contributed by atoms with Gasteiger partial charge in [0.1, 0.15) is 116 Å². The van der Waals surface area contributed by atoms with E-state index in [4.69, 9.17) is 53.1 Å². The molecule has 5 heterocycles. The molecule has 5 fully saturated rings. The summed E-state index contributed by atoms with van der Waals surface area (Å²) in [5.41, 5.74) is 6.45. The molecular weight excluding hydrogens is 1450 g/mol. The van der Waals surface area contributed by atoms with Crippen LogP contribution >= 0.6 is 0 Å². The molecule has 0 aromatic heterocycles. The van der Waals surface area contributed by atoms with Crippen molar-refractivity contribution in [1.29, 1.82) is 0 Å². The number of aldehydes is 1. The Kier molecular flexibility index (Phi) is 37.1. The van der Waals surface area contributed by atoms with Crippen LogP contribution in [0.15, 0.2) is 36.4 Å². The minimum atomic E-state index is -6.04. The summed E-state index contributed by atoms with van der Waals surface area (Å²) in [6, 6.07) is -1.78. The van der Waals surface area contributed by atoms with E-state index in [1.807, 2.05) is 0 Å². The van der Waals surface area contributed by atoms with Crippen LogP contribution in [0.3, 0.4) is 0 Å². The van der Waals surface area contributed by atoms with Gasteiger partial charge in [0.15, 0.2) is 31.4 Å². The average molecular weight is 1560 g/mol. The number of ether oxygens (including phenoxy) is 11. The van der Waals surface area contributed by atoms with E-state index in [-0.39, 0.29) is 18.4 Å². The molecular formula is C67H107F5N4O31. The van der Waals surface area contributed by atoms with Gasteiger partial charge in [-0.25, -0.2) is 0 Å². The van der Waals surface area contributed by atoms with E-state index in [1.165, 1.54) is 44.9 Å². The van der Waals surface area contributed by atoms with Crippen molar-refractivity contribution in [1.82, 2.24) is 10.6 Å². The van der Waals surface area contributed by atoms with Crippen molar-refractivity contribution >= 4 is 29.7 Å². The van der Waals surface area contributed by atoms with E-state index in [0.717, 1.165) is 69.7 Å². The highest BCUT2D eigenvalue weighted by molar-refractivity contribution is 5.99. The Balaban J connectivity index is 1.22. The van der Waals surface area contributed by atoms with E-state index in [9.17, 15) is 123 Å². The van der Waals surface area contributed by atoms with Gasteiger partial charge in [-0.1, -0.05) is 96.8 Å². The van der Waals surface area contributed by atoms with Gasteiger partial charge in [0.2, 0.25) is 23.5 Å². The first kappa shape index (κ1) is 91.3. The van der Waals surface area contributed by atoms with Gasteiger partial charge in [-0.05, 0) is 36.8 Å². The molecule has 0 bridgehead atoms. The lowest BCUT2D eigenvalue weighted by Crippen LogP contribution is -2.71. The first-order valence-electron chi connectivity index (χ1n) is 35.8. The number of rotatable bonds is 43. The Bertz CT molecular complexity index is 2840. The molecule has 21 N–H and O–H groups in total. The molecule has 14 unspecified atom stereocenters. The SMILES string of the molecule is CCCCCCCCCCCCCCCCCC(=O)N[C@@H](CO[C@@H]1OC(CO)[C@@H](O[C@@H]2OC(CO)[C@H](O[C@@H]3OC(CO)[C@H](O)C(O[C@@H]4OC(CO)[C@H](O)C(O)C4O)C3N)C(O[C@]3(C=O)CC(O)[C@@H](NC(C)=O)C([C@H](O)[C@H](O)CO)O3)C2O)C(O)C1O)[C@H](O)/C=C/C(=O)Nc1ccc(OC(F)(F)C(F)(F)F)cc1. The summed E-state index contributed by atoms with van der Waals surface area (Å²) in [6.07, 6.45) is -44.6. The second-order valence-electron chi connectivity index (χ2n) is 27.2. The van der Waals surface area contributed by atoms with E-state index < -0.39 is 253 Å². The zero-order valence-electron chi connectivity index (χ0n) is 59.1. The summed E-state index contributed by atoms with van der Waals surface area (Å²) in [4.78, 5) is 52.5. The highest BCUT2D eigenvalue weighted by Gasteiger charge is 2.62. The number of hydrogen-bond donors (Lipinski definition) is 20. The minimum absolute atomic E-state index is 0.0686. The van der Waals surface area contributed by atoms with Gasteiger partial charge in [-0.15, -0.1) is 0 Å². The monoisotopic (exact) mass is 1560 g/mol. The molecule has 1 aromatic carbocycles. The van der Waals surface area contributed by atoms with Gasteiger partial charge in [-0.2, -0.15) is 22.0 Å². The van der Waals surface area contributed by atoms with E-state index >= 15 is 0 Å². The fourth-order valence-corrected chi connectivity index (χ4v) is 12.9. The molecule has 0 spiro atoms. The van der Waals surface area contributed by atoms with E-state index in [1.54, 1.807) is 0 Å². The van der Waals surface area contributed by atoms with Gasteiger partial charge in [-0.3, -0.25) is 19.2 Å². The normalized spacial score (nSPS) is 34.9. The second kappa shape index (κ2) is 43.4. The van der Waals surface area contributed by atoms with Gasteiger partial charge >= 0.3 is 12.3 Å². The van der Waals surface area contributed by atoms with Crippen molar-refractivity contribution < 1.29 is 175 Å². The second-order valence-corrected chi connectivity index (χ2v) is 27.2. The summed E-state index contributed by atoms with van der Waals surface area (Å²) >= 11 is 0. The number of nitrogens with two attached hydrogens (primary N) is 1. The number of anilines is 1. The van der Waals surface area contributed by atoms with Crippen LogP contribution in [-0.2, 0) is 66.5 Å². The number of benzene rings is 1. The predicted molar refractivity (Wildman–Crippen MR) is 353 cm³/mol. The van der Waals surface area contributed by atoms with Crippen LogP contribution < -0.4 is 26.4 Å². The van der Waals surface area contributed by atoms with E-state index in [2.05, 4.69) is 27.6 Å². The van der Waals surface area contributed by atoms with Crippen LogP contribution in [0.1, 0.15) is 123 Å².